The number of aryl methyl sites for hydroxylation is 2. The first-order chi connectivity index (χ1) is 14.2. The van der Waals surface area contributed by atoms with Gasteiger partial charge in [0.15, 0.2) is 0 Å². The third-order valence-electron chi connectivity index (χ3n) is 4.66. The van der Waals surface area contributed by atoms with Crippen LogP contribution in [0, 0.1) is 20.8 Å². The minimum absolute atomic E-state index is 0.0550. The number of carbonyl (C=O) groups excluding carboxylic acids is 1. The number of rotatable bonds is 5. The first-order valence-electron chi connectivity index (χ1n) is 9.14. The van der Waals surface area contributed by atoms with Crippen molar-refractivity contribution in [2.45, 2.75) is 25.7 Å². The van der Waals surface area contributed by atoms with Crippen molar-refractivity contribution in [3.63, 3.8) is 0 Å². The molecule has 0 atom stereocenters. The number of primary sulfonamides is 1. The summed E-state index contributed by atoms with van der Waals surface area (Å²) in [5.41, 5.74) is 7.56. The van der Waals surface area contributed by atoms with Gasteiger partial charge in [-0.25, -0.2) is 23.8 Å². The Hall–Kier alpha value is -3.43. The Morgan fingerprint density at radius 3 is 2.37 bits per heavy atom. The van der Waals surface area contributed by atoms with E-state index in [1.54, 1.807) is 18.3 Å². The van der Waals surface area contributed by atoms with Gasteiger partial charge in [0, 0.05) is 28.3 Å². The monoisotopic (exact) mass is 425 g/mol. The maximum atomic E-state index is 12.0. The summed E-state index contributed by atoms with van der Waals surface area (Å²) in [4.78, 5) is 12.1. The highest BCUT2D eigenvalue weighted by atomic mass is 32.2. The number of hydrogen-bond donors (Lipinski definition) is 3. The minimum atomic E-state index is -3.74. The number of carbonyl (C=O) groups is 1. The van der Waals surface area contributed by atoms with E-state index in [9.17, 15) is 13.2 Å². The van der Waals surface area contributed by atoms with Gasteiger partial charge in [0.25, 0.3) is 0 Å². The summed E-state index contributed by atoms with van der Waals surface area (Å²) in [6.45, 7) is 5.74. The Bertz CT molecular complexity index is 1210. The lowest BCUT2D eigenvalue weighted by Gasteiger charge is -2.10. The molecule has 0 radical (unpaired) electrons. The molecule has 0 saturated heterocycles. The van der Waals surface area contributed by atoms with E-state index in [0.717, 1.165) is 28.2 Å². The molecule has 1 aromatic heterocycles. The van der Waals surface area contributed by atoms with E-state index in [0.29, 0.717) is 5.69 Å². The summed E-state index contributed by atoms with van der Waals surface area (Å²) in [7, 11) is -3.74. The molecule has 1 heterocycles. The Kier molecular flexibility index (Phi) is 6.04. The zero-order valence-corrected chi connectivity index (χ0v) is 17.7. The van der Waals surface area contributed by atoms with Crippen LogP contribution in [0.2, 0.25) is 0 Å². The standard InChI is InChI=1S/C21H23N5O3S/c1-14-6-4-5-7-20(14)24-21(27)25-23-13-17-12-15(2)26(16(17)3)18-8-10-19(11-9-18)30(22,28)29/h4-13H,1-3H3,(H2,22,28,29)(H2,24,25,27)/b23-13+. The first-order valence-corrected chi connectivity index (χ1v) is 10.7. The number of aromatic nitrogens is 1. The highest BCUT2D eigenvalue weighted by molar-refractivity contribution is 7.89. The van der Waals surface area contributed by atoms with Crippen LogP contribution in [-0.4, -0.2) is 25.2 Å². The number of nitrogens with zero attached hydrogens (tertiary/aromatic N) is 2. The lowest BCUT2D eigenvalue weighted by Crippen LogP contribution is -2.24. The Morgan fingerprint density at radius 1 is 1.07 bits per heavy atom. The summed E-state index contributed by atoms with van der Waals surface area (Å²) >= 11 is 0. The normalized spacial score (nSPS) is 11.6. The van der Waals surface area contributed by atoms with Crippen LogP contribution < -0.4 is 15.9 Å². The van der Waals surface area contributed by atoms with Gasteiger partial charge in [-0.3, -0.25) is 0 Å². The predicted octanol–water partition coefficient (Wildman–Crippen LogP) is 3.21. The number of para-hydroxylation sites is 1. The molecule has 0 aliphatic carbocycles. The fourth-order valence-electron chi connectivity index (χ4n) is 3.12. The van der Waals surface area contributed by atoms with Crippen molar-refractivity contribution in [1.29, 1.82) is 0 Å². The van der Waals surface area contributed by atoms with Crippen LogP contribution >= 0.6 is 0 Å². The van der Waals surface area contributed by atoms with Gasteiger partial charge in [-0.05, 0) is 62.7 Å². The van der Waals surface area contributed by atoms with Crippen molar-refractivity contribution in [2.24, 2.45) is 10.2 Å². The molecule has 3 rings (SSSR count). The molecule has 0 bridgehead atoms. The molecule has 0 aliphatic heterocycles. The third-order valence-corrected chi connectivity index (χ3v) is 5.59. The largest absolute Gasteiger partial charge is 0.339 e. The second-order valence-electron chi connectivity index (χ2n) is 6.84. The average Bonchev–Trinajstić information content (AvgIpc) is 2.96. The molecular formula is C21H23N5O3S. The maximum absolute atomic E-state index is 12.0. The summed E-state index contributed by atoms with van der Waals surface area (Å²) in [6, 6.07) is 15.3. The van der Waals surface area contributed by atoms with E-state index in [1.807, 2.05) is 55.7 Å². The smallest absolute Gasteiger partial charge is 0.318 e. The second-order valence-corrected chi connectivity index (χ2v) is 8.40. The predicted molar refractivity (Wildman–Crippen MR) is 118 cm³/mol. The molecular weight excluding hydrogens is 402 g/mol. The van der Waals surface area contributed by atoms with E-state index in [4.69, 9.17) is 5.14 Å². The number of hydrazone groups is 1. The van der Waals surface area contributed by atoms with Crippen LogP contribution in [0.15, 0.2) is 64.6 Å². The van der Waals surface area contributed by atoms with Gasteiger partial charge < -0.3 is 9.88 Å². The minimum Gasteiger partial charge on any atom is -0.318 e. The van der Waals surface area contributed by atoms with Gasteiger partial charge in [-0.15, -0.1) is 0 Å². The molecule has 2 aromatic carbocycles. The quantitative estimate of drug-likeness (QED) is 0.430. The highest BCUT2D eigenvalue weighted by Crippen LogP contribution is 2.21. The van der Waals surface area contributed by atoms with Crippen LogP contribution in [0.5, 0.6) is 0 Å². The Labute approximate surface area is 175 Å². The van der Waals surface area contributed by atoms with Gasteiger partial charge >= 0.3 is 6.03 Å². The van der Waals surface area contributed by atoms with Crippen LogP contribution in [0.4, 0.5) is 10.5 Å². The molecule has 0 saturated carbocycles. The van der Waals surface area contributed by atoms with Crippen molar-refractivity contribution in [1.82, 2.24) is 9.99 Å². The van der Waals surface area contributed by atoms with Crippen LogP contribution in [-0.2, 0) is 10.0 Å². The number of urea groups is 1. The zero-order chi connectivity index (χ0) is 21.9. The van der Waals surface area contributed by atoms with E-state index in [2.05, 4.69) is 15.8 Å². The van der Waals surface area contributed by atoms with Crippen LogP contribution in [0.1, 0.15) is 22.5 Å². The number of amides is 2. The summed E-state index contributed by atoms with van der Waals surface area (Å²) in [5.74, 6) is 0. The summed E-state index contributed by atoms with van der Waals surface area (Å²) in [5, 5.41) is 11.9. The van der Waals surface area contributed by atoms with Crippen molar-refractivity contribution in [3.8, 4) is 5.69 Å². The van der Waals surface area contributed by atoms with Crippen LogP contribution in [0.3, 0.4) is 0 Å². The lowest BCUT2D eigenvalue weighted by molar-refractivity contribution is 0.252. The molecule has 0 fully saturated rings. The topological polar surface area (TPSA) is 119 Å². The Morgan fingerprint density at radius 2 is 1.73 bits per heavy atom. The van der Waals surface area contributed by atoms with Crippen molar-refractivity contribution in [2.75, 3.05) is 5.32 Å². The molecule has 156 valence electrons. The van der Waals surface area contributed by atoms with Gasteiger partial charge in [0.2, 0.25) is 10.0 Å². The van der Waals surface area contributed by atoms with E-state index in [-0.39, 0.29) is 4.90 Å². The van der Waals surface area contributed by atoms with Crippen molar-refractivity contribution in [3.05, 3.63) is 77.1 Å². The number of hydrogen-bond acceptors (Lipinski definition) is 4. The van der Waals surface area contributed by atoms with Crippen molar-refractivity contribution >= 4 is 28.0 Å². The molecule has 3 aromatic rings. The number of nitrogens with one attached hydrogen (secondary N) is 2. The number of sulfonamides is 1. The van der Waals surface area contributed by atoms with E-state index in [1.165, 1.54) is 12.1 Å². The molecule has 4 N–H and O–H groups in total. The number of anilines is 1. The van der Waals surface area contributed by atoms with Crippen molar-refractivity contribution < 1.29 is 13.2 Å². The molecule has 9 heteroatoms. The Balaban J connectivity index is 1.74. The fourth-order valence-corrected chi connectivity index (χ4v) is 3.64. The molecule has 0 aliphatic rings. The summed E-state index contributed by atoms with van der Waals surface area (Å²) < 4.78 is 24.8. The molecule has 0 spiro atoms. The van der Waals surface area contributed by atoms with Crippen LogP contribution in [0.25, 0.3) is 5.69 Å². The maximum Gasteiger partial charge on any atom is 0.339 e. The number of nitrogens with two attached hydrogens (primary N) is 1. The van der Waals surface area contributed by atoms with Gasteiger partial charge in [-0.2, -0.15) is 5.10 Å². The highest BCUT2D eigenvalue weighted by Gasteiger charge is 2.12. The fraction of sp³-hybridized carbons (Fsp3) is 0.143. The lowest BCUT2D eigenvalue weighted by atomic mass is 10.2. The zero-order valence-electron chi connectivity index (χ0n) is 16.9. The third kappa shape index (κ3) is 4.76. The molecule has 2 amide bonds. The molecule has 0 unspecified atom stereocenters. The first kappa shape index (κ1) is 21.3. The number of benzene rings is 2. The second kappa shape index (κ2) is 8.52. The van der Waals surface area contributed by atoms with Gasteiger partial charge in [0.05, 0.1) is 11.1 Å². The SMILES string of the molecule is Cc1ccccc1NC(=O)N/N=C/c1cc(C)n(-c2ccc(S(N)(=O)=O)cc2)c1C. The van der Waals surface area contributed by atoms with Gasteiger partial charge in [-0.1, -0.05) is 18.2 Å². The van der Waals surface area contributed by atoms with E-state index >= 15 is 0 Å². The molecule has 8 nitrogen and oxygen atoms in total. The summed E-state index contributed by atoms with van der Waals surface area (Å²) in [6.07, 6.45) is 1.56. The van der Waals surface area contributed by atoms with E-state index < -0.39 is 16.1 Å². The average molecular weight is 426 g/mol. The van der Waals surface area contributed by atoms with Gasteiger partial charge in [0.1, 0.15) is 0 Å². The molecule has 30 heavy (non-hydrogen) atoms.